The number of quaternary nitrogens is 1. The summed E-state index contributed by atoms with van der Waals surface area (Å²) in [5, 5.41) is 0. The number of hydrogen-bond donors (Lipinski definition) is 3. The molecule has 0 fully saturated rings. The molecule has 0 aliphatic heterocycles. The third kappa shape index (κ3) is 25.0. The van der Waals surface area contributed by atoms with Crippen LogP contribution in [0.15, 0.2) is 0 Å². The Kier molecular flexibility index (Phi) is 17.6. The third-order valence-electron chi connectivity index (χ3n) is 2.29. The highest BCUT2D eigenvalue weighted by atomic mass is 35.5. The Morgan fingerprint density at radius 2 is 1.13 bits per heavy atom. The Morgan fingerprint density at radius 3 is 1.13 bits per heavy atom. The van der Waals surface area contributed by atoms with Crippen LogP contribution in [0.1, 0.15) is 20.8 Å². The monoisotopic (exact) mass is 269 g/mol. The molecule has 0 aromatic rings. The van der Waals surface area contributed by atoms with Crippen molar-refractivity contribution >= 4 is 20.2 Å². The predicted octanol–water partition coefficient (Wildman–Crippen LogP) is -2.01. The van der Waals surface area contributed by atoms with Gasteiger partial charge in [0.2, 0.25) is 0 Å². The van der Waals surface area contributed by atoms with E-state index < -0.39 is 7.82 Å². The van der Waals surface area contributed by atoms with Crippen LogP contribution in [0.25, 0.3) is 0 Å². The van der Waals surface area contributed by atoms with Crippen molar-refractivity contribution in [2.24, 2.45) is 0 Å². The highest BCUT2D eigenvalue weighted by Gasteiger charge is 2.10. The molecule has 0 saturated carbocycles. The first-order valence-electron chi connectivity index (χ1n) is 4.30. The van der Waals surface area contributed by atoms with E-state index in [9.17, 15) is 0 Å². The van der Waals surface area contributed by atoms with Gasteiger partial charge in [0.25, 0.3) is 0 Å². The average molecular weight is 270 g/mol. The molecule has 98 valence electrons. The van der Waals surface area contributed by atoms with E-state index in [4.69, 9.17) is 19.2 Å². The topological polar surface area (TPSA) is 77.8 Å². The molecule has 8 heteroatoms. The van der Waals surface area contributed by atoms with E-state index in [-0.39, 0.29) is 17.1 Å². The van der Waals surface area contributed by atoms with Crippen LogP contribution >= 0.6 is 20.2 Å². The number of nitrogens with zero attached hydrogens (tertiary/aromatic N) is 1. The second-order valence-electron chi connectivity index (χ2n) is 3.08. The third-order valence-corrected chi connectivity index (χ3v) is 2.29. The molecule has 0 atom stereocenters. The Labute approximate surface area is 96.7 Å². The van der Waals surface area contributed by atoms with Crippen molar-refractivity contribution in [3.8, 4) is 0 Å². The van der Waals surface area contributed by atoms with Gasteiger partial charge in [0.05, 0.1) is 26.7 Å². The highest BCUT2D eigenvalue weighted by molar-refractivity contribution is 7.45. The number of halogens is 2. The van der Waals surface area contributed by atoms with Crippen molar-refractivity contribution in [1.29, 1.82) is 0 Å². The first-order chi connectivity index (χ1) is 5.68. The fourth-order valence-electron chi connectivity index (χ4n) is 0.671. The van der Waals surface area contributed by atoms with Gasteiger partial charge in [-0.1, -0.05) is 0 Å². The number of rotatable bonds is 3. The van der Waals surface area contributed by atoms with Crippen LogP contribution in [0.5, 0.6) is 0 Å². The summed E-state index contributed by atoms with van der Waals surface area (Å²) < 4.78 is 10.1. The van der Waals surface area contributed by atoms with E-state index in [0.717, 1.165) is 0 Å². The van der Waals surface area contributed by atoms with E-state index in [1.54, 1.807) is 0 Å². The lowest BCUT2D eigenvalue weighted by Gasteiger charge is -2.30. The summed E-state index contributed by atoms with van der Waals surface area (Å²) in [6.45, 7) is 10.5. The average Bonchev–Trinajstić information content (AvgIpc) is 2.00. The van der Waals surface area contributed by atoms with Crippen LogP contribution in [0.2, 0.25) is 0 Å². The molecule has 0 amide bonds. The van der Waals surface area contributed by atoms with Crippen molar-refractivity contribution in [3.05, 3.63) is 0 Å². The van der Waals surface area contributed by atoms with Gasteiger partial charge >= 0.3 is 7.82 Å². The molecule has 0 aromatic carbocycles. The number of hydrogen-bond acceptors (Lipinski definition) is 1. The normalized spacial score (nSPS) is 10.3. The van der Waals surface area contributed by atoms with Crippen molar-refractivity contribution < 1.29 is 28.4 Å². The summed E-state index contributed by atoms with van der Waals surface area (Å²) >= 11 is 0. The summed E-state index contributed by atoms with van der Waals surface area (Å²) in [5.74, 6) is 0. The molecule has 0 bridgehead atoms. The lowest BCUT2D eigenvalue weighted by atomic mass is 10.4. The van der Waals surface area contributed by atoms with Gasteiger partial charge in [-0.2, -0.15) is 0 Å². The van der Waals surface area contributed by atoms with Gasteiger partial charge in [0, 0.05) is 0 Å². The van der Waals surface area contributed by atoms with Gasteiger partial charge in [0.15, 0.2) is 0 Å². The summed E-state index contributed by atoms with van der Waals surface area (Å²) in [6.07, 6.45) is 0. The summed E-state index contributed by atoms with van der Waals surface area (Å²) in [6, 6.07) is 0. The second-order valence-corrected chi connectivity index (χ2v) is 4.11. The maximum Gasteiger partial charge on any atom is 0.466 e. The van der Waals surface area contributed by atoms with Gasteiger partial charge < -0.3 is 23.9 Å². The van der Waals surface area contributed by atoms with Gasteiger partial charge in [-0.15, -0.1) is 12.4 Å². The molecule has 0 saturated heterocycles. The largest absolute Gasteiger partial charge is 1.00 e. The molecule has 15 heavy (non-hydrogen) atoms. The highest BCUT2D eigenvalue weighted by Crippen LogP contribution is 2.25. The Balaban J connectivity index is -0.0000000770. The molecule has 0 spiro atoms. The second kappa shape index (κ2) is 10.8. The lowest BCUT2D eigenvalue weighted by molar-refractivity contribution is -0.904. The molecule has 5 nitrogen and oxygen atoms in total. The summed E-state index contributed by atoms with van der Waals surface area (Å²) in [5.41, 5.74) is 0. The van der Waals surface area contributed by atoms with Crippen LogP contribution in [-0.4, -0.2) is 45.8 Å². The van der Waals surface area contributed by atoms with Gasteiger partial charge in [-0.3, -0.25) is 0 Å². The zero-order valence-corrected chi connectivity index (χ0v) is 11.3. The molecule has 0 heterocycles. The fraction of sp³-hybridized carbons (Fsp3) is 1.00. The van der Waals surface area contributed by atoms with Crippen molar-refractivity contribution in [3.63, 3.8) is 0 Å². The van der Waals surface area contributed by atoms with E-state index in [1.165, 1.54) is 24.1 Å². The molecular weight excluding hydrogens is 248 g/mol. The van der Waals surface area contributed by atoms with E-state index >= 15 is 0 Å². The van der Waals surface area contributed by atoms with E-state index in [2.05, 4.69) is 27.8 Å². The SMILES string of the molecule is CC[N+](C)(CC)CC.Cl.O=P(O)(O)O.[F-]. The molecule has 0 radical (unpaired) electrons. The molecule has 0 aliphatic rings. The van der Waals surface area contributed by atoms with Crippen molar-refractivity contribution in [2.45, 2.75) is 20.8 Å². The first-order valence-corrected chi connectivity index (χ1v) is 5.86. The molecule has 0 unspecified atom stereocenters. The van der Waals surface area contributed by atoms with E-state index in [0.29, 0.717) is 0 Å². The molecule has 3 N–H and O–H groups in total. The molecular formula is C7H22ClFNO4P. The standard InChI is InChI=1S/C7H18N.ClH.FH.H3O4P/c1-5-8(4,6-2)7-3;;;1-5(2,3)4/h5-7H2,1-4H3;2*1H;(H3,1,2,3,4)/q+1;;;/p-1. The van der Waals surface area contributed by atoms with E-state index in [1.807, 2.05) is 0 Å². The smallest absolute Gasteiger partial charge is 0.466 e. The molecule has 0 aromatic heterocycles. The lowest BCUT2D eigenvalue weighted by Crippen LogP contribution is -3.00. The maximum absolute atomic E-state index is 8.88. The Hall–Kier alpha value is 0.290. The maximum atomic E-state index is 8.88. The quantitative estimate of drug-likeness (QED) is 0.409. The minimum absolute atomic E-state index is 0. The van der Waals surface area contributed by atoms with Crippen molar-refractivity contribution in [1.82, 2.24) is 0 Å². The number of phosphoric acid groups is 1. The van der Waals surface area contributed by atoms with Crippen LogP contribution in [0, 0.1) is 0 Å². The zero-order chi connectivity index (χ0) is 11.1. The van der Waals surface area contributed by atoms with Crippen LogP contribution in [0.4, 0.5) is 0 Å². The predicted molar refractivity (Wildman–Crippen MR) is 59.3 cm³/mol. The van der Waals surface area contributed by atoms with Crippen molar-refractivity contribution in [2.75, 3.05) is 26.7 Å². The van der Waals surface area contributed by atoms with Gasteiger partial charge in [-0.25, -0.2) is 4.57 Å². The Morgan fingerprint density at radius 1 is 1.00 bits per heavy atom. The minimum Gasteiger partial charge on any atom is -1.00 e. The summed E-state index contributed by atoms with van der Waals surface area (Å²) in [4.78, 5) is 21.6. The Bertz CT molecular complexity index is 158. The fourth-order valence-corrected chi connectivity index (χ4v) is 0.671. The van der Waals surface area contributed by atoms with Gasteiger partial charge in [-0.05, 0) is 20.8 Å². The van der Waals surface area contributed by atoms with Crippen LogP contribution < -0.4 is 4.70 Å². The minimum atomic E-state index is -4.64. The zero-order valence-electron chi connectivity index (χ0n) is 9.55. The van der Waals surface area contributed by atoms with Gasteiger partial charge in [0.1, 0.15) is 0 Å². The van der Waals surface area contributed by atoms with Crippen LogP contribution in [0.3, 0.4) is 0 Å². The molecule has 0 rings (SSSR count). The first kappa shape index (κ1) is 24.5. The van der Waals surface area contributed by atoms with Crippen LogP contribution in [-0.2, 0) is 4.57 Å². The summed E-state index contributed by atoms with van der Waals surface area (Å²) in [7, 11) is -2.35. The molecule has 0 aliphatic carbocycles.